The SMILES string of the molecule is CN(C)/N=N/c1[nH]cnc1C(N)=O.Cc1c(N)nc([C@H](CC(N)=O)NC[C@H](N)C(N)=O)nc1C(=O)N[C@H](C(=O)N[C@H](C)[C@@H](O)[C@H](C)C(=O)N[C@H](C(=O)NCCc1nc(-c2nc(C(=O)NCCC[S+](C)C)cs2)cs1)[C@@H](C)O)[C@@H](O[C@@H]1O[C@@H](CO)[C@H](O)[C@@H](O)[C@@H]1O[C@@H]1O[C@@H](CO)[C@H](O)[C@@H](OC(N)=O)[C@@H]1O)c1cnc[nH]1. The Morgan fingerprint density at radius 2 is 1.46 bits per heavy atom. The van der Waals surface area contributed by atoms with Gasteiger partial charge in [-0.15, -0.1) is 27.8 Å². The van der Waals surface area contributed by atoms with E-state index in [1.165, 1.54) is 61.7 Å². The monoisotopic (exact) mass is 1600 g/mol. The quantitative estimate of drug-likeness (QED) is 0.00755. The van der Waals surface area contributed by atoms with Crippen LogP contribution in [0.1, 0.15) is 99.3 Å². The molecule has 48 heteroatoms. The van der Waals surface area contributed by atoms with Gasteiger partial charge in [0.05, 0.1) is 91.5 Å². The van der Waals surface area contributed by atoms with Crippen molar-refractivity contribution in [1.82, 2.24) is 76.8 Å². The number of ether oxygens (including phenoxy) is 5. The number of nitrogens with zero attached hydrogens (tertiary/aromatic N) is 9. The lowest BCUT2D eigenvalue weighted by Crippen LogP contribution is -2.65. The molecule has 9 amide bonds. The van der Waals surface area contributed by atoms with Crippen molar-refractivity contribution < 1.29 is 108 Å². The van der Waals surface area contributed by atoms with E-state index in [1.54, 1.807) is 24.9 Å². The first-order chi connectivity index (χ1) is 51.5. The summed E-state index contributed by atoms with van der Waals surface area (Å²) in [5, 5.41) is 117. The fourth-order valence-electron chi connectivity index (χ4n) is 10.5. The molecule has 7 heterocycles. The predicted octanol–water partition coefficient (Wildman–Crippen LogP) is -7.63. The summed E-state index contributed by atoms with van der Waals surface area (Å²) in [5.41, 5.74) is 33.2. The number of thiazole rings is 2. The molecule has 5 aromatic heterocycles. The summed E-state index contributed by atoms with van der Waals surface area (Å²) >= 11 is 2.52. The average Bonchev–Trinajstić information content (AvgIpc) is 1.31. The van der Waals surface area contributed by atoms with Crippen LogP contribution in [0.4, 0.5) is 16.4 Å². The maximum Gasteiger partial charge on any atom is 0.404 e. The van der Waals surface area contributed by atoms with Crippen LogP contribution < -0.4 is 66.3 Å². The normalized spacial score (nSPS) is 22.4. The number of nitrogens with one attached hydrogen (secondary N) is 8. The smallest absolute Gasteiger partial charge is 0.404 e. The van der Waals surface area contributed by atoms with Gasteiger partial charge in [0.15, 0.2) is 30.2 Å². The highest BCUT2D eigenvalue weighted by Gasteiger charge is 2.54. The second-order valence-electron chi connectivity index (χ2n) is 25.3. The van der Waals surface area contributed by atoms with Crippen LogP contribution in [0.15, 0.2) is 39.9 Å². The molecule has 0 aromatic carbocycles. The van der Waals surface area contributed by atoms with Gasteiger partial charge in [-0.2, -0.15) is 0 Å². The van der Waals surface area contributed by atoms with E-state index in [-0.39, 0.29) is 76.4 Å². The molecule has 2 fully saturated rings. The lowest BCUT2D eigenvalue weighted by molar-refractivity contribution is -0.372. The van der Waals surface area contributed by atoms with Crippen LogP contribution in [-0.2, 0) is 65.0 Å². The van der Waals surface area contributed by atoms with Gasteiger partial charge in [0, 0.05) is 69.3 Å². The first-order valence-electron chi connectivity index (χ1n) is 33.4. The second-order valence-corrected chi connectivity index (χ2v) is 29.5. The summed E-state index contributed by atoms with van der Waals surface area (Å²) in [6, 6.07) is -7.85. The van der Waals surface area contributed by atoms with Crippen molar-refractivity contribution in [3.05, 3.63) is 68.8 Å². The van der Waals surface area contributed by atoms with Crippen LogP contribution in [0.25, 0.3) is 10.7 Å². The Kier molecular flexibility index (Phi) is 33.8. The summed E-state index contributed by atoms with van der Waals surface area (Å²) in [7, 11) is 3.68. The maximum atomic E-state index is 15.2. The molecule has 5 aromatic rings. The number of aromatic amines is 2. The number of hydrogen-bond donors (Lipinski definition) is 22. The fraction of sp³-hybridized carbons (Fsp3) is 0.590. The largest absolute Gasteiger partial charge is 0.441 e. The number of carbonyl (C=O) groups excluding carboxylic acids is 9. The van der Waals surface area contributed by atoms with Gasteiger partial charge >= 0.3 is 6.09 Å². The molecule has 45 nitrogen and oxygen atoms in total. The Hall–Kier alpha value is -9.22. The highest BCUT2D eigenvalue weighted by Crippen LogP contribution is 2.35. The maximum absolute atomic E-state index is 15.2. The van der Waals surface area contributed by atoms with E-state index in [4.69, 9.17) is 58.1 Å². The molecule has 28 N–H and O–H groups in total. The third kappa shape index (κ3) is 24.9. The summed E-state index contributed by atoms with van der Waals surface area (Å²) in [6.45, 7) is 3.18. The Morgan fingerprint density at radius 3 is 2.07 bits per heavy atom. The van der Waals surface area contributed by atoms with Gasteiger partial charge in [-0.25, -0.2) is 34.7 Å². The minimum atomic E-state index is -2.20. The van der Waals surface area contributed by atoms with Crippen LogP contribution >= 0.6 is 22.7 Å². The van der Waals surface area contributed by atoms with Crippen LogP contribution in [0.3, 0.4) is 0 Å². The average molecular weight is 1600 g/mol. The van der Waals surface area contributed by atoms with Gasteiger partial charge in [-0.1, -0.05) is 12.1 Å². The van der Waals surface area contributed by atoms with Crippen LogP contribution in [0.5, 0.6) is 0 Å². The zero-order chi connectivity index (χ0) is 80.8. The molecule has 2 aliphatic rings. The van der Waals surface area contributed by atoms with E-state index >= 15 is 4.79 Å². The van der Waals surface area contributed by atoms with Gasteiger partial charge in [-0.05, 0) is 31.7 Å². The van der Waals surface area contributed by atoms with E-state index in [0.717, 1.165) is 24.7 Å². The van der Waals surface area contributed by atoms with Crippen LogP contribution in [-0.4, -0.2) is 302 Å². The zero-order valence-corrected chi connectivity index (χ0v) is 62.7. The standard InChI is InChI=1S/C55H83N17O21S3.C6H10N6O/c1-20-33(69-46(72-44(20)58)25(12-31(57)76)64-13-24(56)45(59)82)50(86)71-35(41(26-14-61-19-65-26)91-54-43(39(80)37(78)29(15-73)90-54)92-53-40(81)42(93-55(60)88)38(79)30(16-74)89-53)51(87)66-22(3)36(77)21(2)47(83)70-34(23(4)75)49(85)63-10-8-32-67-28(18-94-32)52-68-27(17-95-52)48(84)62-9-7-11-96(5)6;1-12(2)11-10-6-4(5(7)13)8-3-9-6/h14,17-19,21-25,29-30,34-43,53-54,64,73-75,77-81H,7-13,15-16,56H2,1-6H3,(H13-,57,58,59,60,61,62,63,65,66,69,70,71,72,76,82,83,84,85,86,87,88);3H,1-2H3,(H2,7,13)(H,8,9)/p+1/b;11-10+/t21-,22+,23+,24-,25-,29-,30-,34-,35-,36-,37-,38-,39+,40-,41-,42+,43-,53-,54-;/m0./s1. The molecule has 0 spiro atoms. The molecule has 2 aliphatic heterocycles. The van der Waals surface area contributed by atoms with Crippen LogP contribution in [0, 0.1) is 12.8 Å². The van der Waals surface area contributed by atoms with E-state index in [0.29, 0.717) is 22.3 Å². The third-order valence-electron chi connectivity index (χ3n) is 16.5. The molecule has 0 aliphatic carbocycles. The molecule has 0 radical (unpaired) electrons. The summed E-state index contributed by atoms with van der Waals surface area (Å²) in [5.74, 6) is -8.05. The first kappa shape index (κ1) is 88.7. The Bertz CT molecular complexity index is 3890. The van der Waals surface area contributed by atoms with Gasteiger partial charge in [0.2, 0.25) is 29.5 Å². The fourth-order valence-corrected chi connectivity index (χ4v) is 12.8. The number of anilines is 1. The van der Waals surface area contributed by atoms with E-state index in [1.807, 2.05) is 0 Å². The number of amides is 9. The van der Waals surface area contributed by atoms with Crippen molar-refractivity contribution in [3.8, 4) is 10.7 Å². The van der Waals surface area contributed by atoms with Gasteiger partial charge in [0.1, 0.15) is 100 Å². The van der Waals surface area contributed by atoms with E-state index in [9.17, 15) is 79.2 Å². The number of carbonyl (C=O) groups is 9. The second kappa shape index (κ2) is 41.5. The number of hydrogen-bond acceptors (Lipinski definition) is 35. The number of nitrogen functional groups attached to an aromatic ring is 1. The number of imidazole rings is 2. The van der Waals surface area contributed by atoms with Crippen molar-refractivity contribution in [2.24, 2.45) is 44.9 Å². The summed E-state index contributed by atoms with van der Waals surface area (Å²) in [6.07, 6.45) is -18.6. The minimum absolute atomic E-state index is 0.00498. The molecular formula is C61H94N23O22S3+. The molecule has 109 heavy (non-hydrogen) atoms. The Morgan fingerprint density at radius 1 is 0.771 bits per heavy atom. The van der Waals surface area contributed by atoms with E-state index < -0.39 is 189 Å². The summed E-state index contributed by atoms with van der Waals surface area (Å²) < 4.78 is 28.7. The highest BCUT2D eigenvalue weighted by atomic mass is 32.2. The van der Waals surface area contributed by atoms with Gasteiger partial charge in [0.25, 0.3) is 17.7 Å². The molecule has 0 unspecified atom stereocenters. The number of aromatic nitrogens is 8. The molecule has 19 atom stereocenters. The minimum Gasteiger partial charge on any atom is -0.441 e. The predicted molar refractivity (Wildman–Crippen MR) is 384 cm³/mol. The number of primary amides is 4. The van der Waals surface area contributed by atoms with Crippen molar-refractivity contribution in [1.29, 1.82) is 0 Å². The van der Waals surface area contributed by atoms with Crippen molar-refractivity contribution in [3.63, 3.8) is 0 Å². The third-order valence-corrected chi connectivity index (χ3v) is 19.3. The molecule has 0 bridgehead atoms. The first-order valence-corrected chi connectivity index (χ1v) is 37.3. The van der Waals surface area contributed by atoms with Gasteiger partial charge < -0.3 is 141 Å². The topological polar surface area (TPSA) is 727 Å². The Labute approximate surface area is 632 Å². The van der Waals surface area contributed by atoms with Crippen LogP contribution in [0.2, 0.25) is 0 Å². The lowest BCUT2D eigenvalue weighted by Gasteiger charge is -2.47. The number of aliphatic hydroxyl groups is 8. The Balaban J connectivity index is 0.00000129. The molecule has 2 saturated heterocycles. The number of aliphatic hydroxyl groups excluding tert-OH is 8. The van der Waals surface area contributed by atoms with Gasteiger partial charge in [-0.3, -0.25) is 43.4 Å². The van der Waals surface area contributed by atoms with Crippen molar-refractivity contribution >= 4 is 98.6 Å². The molecule has 7 rings (SSSR count). The molecule has 602 valence electrons. The summed E-state index contributed by atoms with van der Waals surface area (Å²) in [4.78, 5) is 148. The van der Waals surface area contributed by atoms with Crippen molar-refractivity contribution in [2.75, 3.05) is 70.9 Å². The van der Waals surface area contributed by atoms with E-state index in [2.05, 4.69) is 94.6 Å². The molecule has 0 saturated carbocycles. The number of H-pyrrole nitrogens is 2. The molecular weight excluding hydrogens is 1500 g/mol. The van der Waals surface area contributed by atoms with Crippen molar-refractivity contribution in [2.45, 2.75) is 157 Å². The zero-order valence-electron chi connectivity index (χ0n) is 60.2. The lowest BCUT2D eigenvalue weighted by atomic mass is 9.96. The number of nitrogens with two attached hydrogens (primary N) is 6. The highest BCUT2D eigenvalue weighted by molar-refractivity contribution is 7.95. The number of rotatable bonds is 38.